The van der Waals surface area contributed by atoms with Crippen molar-refractivity contribution in [3.63, 3.8) is 0 Å². The predicted molar refractivity (Wildman–Crippen MR) is 164 cm³/mol. The second-order valence-electron chi connectivity index (χ2n) is 12.6. The van der Waals surface area contributed by atoms with E-state index in [1.54, 1.807) is 0 Å². The normalized spacial score (nSPS) is 12.7. The summed E-state index contributed by atoms with van der Waals surface area (Å²) in [6.45, 7) is 0. The number of unbranched alkanes of at least 4 members (excludes halogenated alkanes) is 6. The number of halogens is 18. The van der Waals surface area contributed by atoms with E-state index >= 15 is 0 Å². The molecule has 0 fully saturated rings. The highest BCUT2D eigenvalue weighted by Gasteiger charge is 2.45. The van der Waals surface area contributed by atoms with Crippen molar-refractivity contribution < 1.29 is 88.5 Å². The first-order valence-electron chi connectivity index (χ1n) is 16.5. The van der Waals surface area contributed by atoms with Crippen molar-refractivity contribution in [2.75, 3.05) is 0 Å². The van der Waals surface area contributed by atoms with Crippen molar-refractivity contribution in [2.24, 2.45) is 0 Å². The number of ether oxygens (including phenoxy) is 2. The minimum atomic E-state index is -5.51. The molecule has 4 aromatic carbocycles. The summed E-state index contributed by atoms with van der Waals surface area (Å²) in [5.74, 6) is -19.3. The molecule has 4 rings (SSSR count). The van der Waals surface area contributed by atoms with E-state index in [0.717, 1.165) is 0 Å². The van der Waals surface area contributed by atoms with E-state index in [9.17, 15) is 79.0 Å². The fraction of sp³-hybridized carbons (Fsp3) is 0.351. The molecule has 0 aromatic heterocycles. The monoisotopic (exact) mass is 844 g/mol. The molecule has 0 atom stereocenters. The lowest BCUT2D eigenvalue weighted by atomic mass is 10.0. The van der Waals surface area contributed by atoms with Crippen LogP contribution >= 0.6 is 0 Å². The zero-order valence-corrected chi connectivity index (χ0v) is 28.6. The molecule has 20 heteroatoms. The third kappa shape index (κ3) is 11.2. The third-order valence-electron chi connectivity index (χ3n) is 8.31. The third-order valence-corrected chi connectivity index (χ3v) is 8.31. The van der Waals surface area contributed by atoms with Crippen molar-refractivity contribution >= 4 is 0 Å². The molecule has 0 unspecified atom stereocenters. The summed E-state index contributed by atoms with van der Waals surface area (Å²) in [6, 6.07) is 1.41. The molecule has 0 N–H and O–H groups in total. The average Bonchev–Trinajstić information content (AvgIpc) is 3.00. The first-order chi connectivity index (χ1) is 26.3. The summed E-state index contributed by atoms with van der Waals surface area (Å²) in [5, 5.41) is 0. The van der Waals surface area contributed by atoms with Crippen LogP contribution in [0.4, 0.5) is 79.0 Å². The van der Waals surface area contributed by atoms with E-state index in [4.69, 9.17) is 0 Å². The Morgan fingerprint density at radius 3 is 0.789 bits per heavy atom. The van der Waals surface area contributed by atoms with E-state index in [1.165, 1.54) is 0 Å². The molecule has 0 amide bonds. The van der Waals surface area contributed by atoms with Gasteiger partial charge in [-0.1, -0.05) is 32.1 Å². The van der Waals surface area contributed by atoms with Gasteiger partial charge >= 0.3 is 24.6 Å². The quantitative estimate of drug-likeness (QED) is 0.0826. The highest BCUT2D eigenvalue weighted by molar-refractivity contribution is 5.36. The predicted octanol–water partition coefficient (Wildman–Crippen LogP) is 13.6. The van der Waals surface area contributed by atoms with Crippen molar-refractivity contribution in [3.05, 3.63) is 128 Å². The molecule has 0 spiro atoms. The SMILES string of the molecule is Fc1cc(OC(F)(F)c2c(F)cc(CCCCCCCCCc3cc(F)c(C(F)(F)Oc4cc(F)c(C(F)(F)F)c(F)c4)c(F)c3)cc2F)cc(F)c1C(F)(F)F. The Bertz CT molecular complexity index is 1820. The fourth-order valence-electron chi connectivity index (χ4n) is 5.80. The summed E-state index contributed by atoms with van der Waals surface area (Å²) in [7, 11) is 0. The van der Waals surface area contributed by atoms with Crippen LogP contribution in [0.25, 0.3) is 0 Å². The molecule has 312 valence electrons. The number of aryl methyl sites for hydroxylation is 2. The minimum absolute atomic E-state index is 0.0190. The summed E-state index contributed by atoms with van der Waals surface area (Å²) in [5.41, 5.74) is -8.76. The van der Waals surface area contributed by atoms with Crippen molar-refractivity contribution in [2.45, 2.75) is 82.4 Å². The van der Waals surface area contributed by atoms with E-state index in [-0.39, 0.29) is 48.2 Å². The Hall–Kier alpha value is -4.78. The largest absolute Gasteiger partial charge is 0.432 e. The van der Waals surface area contributed by atoms with Gasteiger partial charge in [-0.15, -0.1) is 0 Å². The molecule has 4 aromatic rings. The summed E-state index contributed by atoms with van der Waals surface area (Å²) < 4.78 is 256. The lowest BCUT2D eigenvalue weighted by Gasteiger charge is -2.20. The first kappa shape index (κ1) is 44.9. The van der Waals surface area contributed by atoms with Crippen LogP contribution in [-0.2, 0) is 37.4 Å². The van der Waals surface area contributed by atoms with Gasteiger partial charge < -0.3 is 9.47 Å². The van der Waals surface area contributed by atoms with Gasteiger partial charge in [0.2, 0.25) is 0 Å². The zero-order chi connectivity index (χ0) is 42.7. The Morgan fingerprint density at radius 1 is 0.316 bits per heavy atom. The lowest BCUT2D eigenvalue weighted by Crippen LogP contribution is -2.26. The molecule has 0 aliphatic carbocycles. The van der Waals surface area contributed by atoms with Crippen LogP contribution in [0.2, 0.25) is 0 Å². The molecule has 0 saturated heterocycles. The number of hydrogen-bond donors (Lipinski definition) is 0. The van der Waals surface area contributed by atoms with Crippen LogP contribution in [0.15, 0.2) is 48.5 Å². The van der Waals surface area contributed by atoms with Gasteiger partial charge in [0.25, 0.3) is 0 Å². The molecule has 0 aliphatic rings. The van der Waals surface area contributed by atoms with E-state index in [2.05, 4.69) is 9.47 Å². The van der Waals surface area contributed by atoms with E-state index in [1.807, 2.05) is 0 Å². The molecule has 57 heavy (non-hydrogen) atoms. The van der Waals surface area contributed by atoms with Crippen LogP contribution in [0.5, 0.6) is 11.5 Å². The van der Waals surface area contributed by atoms with Crippen molar-refractivity contribution in [1.29, 1.82) is 0 Å². The number of rotatable bonds is 16. The maximum atomic E-state index is 14.6. The number of benzene rings is 4. The minimum Gasteiger partial charge on any atom is -0.429 e. The maximum Gasteiger partial charge on any atom is 0.432 e. The summed E-state index contributed by atoms with van der Waals surface area (Å²) >= 11 is 0. The van der Waals surface area contributed by atoms with E-state index in [0.29, 0.717) is 69.2 Å². The highest BCUT2D eigenvalue weighted by Crippen LogP contribution is 2.41. The lowest BCUT2D eigenvalue weighted by molar-refractivity contribution is -0.190. The standard InChI is InChI=1S/C37H26F18O2/c38-22-10-18(11-23(39)32(22)36(52,53)56-20-14-26(42)30(27(43)15-20)34(46,47)48)8-6-4-2-1-3-5-7-9-19-12-24(40)33(25(41)13-19)37(54,55)57-21-16-28(44)31(29(45)17-21)35(49,50)51/h10-17H,1-9H2. The average molecular weight is 845 g/mol. The molecule has 0 aliphatic heterocycles. The van der Waals surface area contributed by atoms with Gasteiger partial charge in [-0.2, -0.15) is 43.9 Å². The van der Waals surface area contributed by atoms with Crippen LogP contribution in [0.3, 0.4) is 0 Å². The Labute approximate surface area is 311 Å². The molecule has 0 radical (unpaired) electrons. The van der Waals surface area contributed by atoms with Crippen LogP contribution < -0.4 is 9.47 Å². The van der Waals surface area contributed by atoms with Gasteiger partial charge in [0.05, 0.1) is 0 Å². The molecule has 0 heterocycles. The second kappa shape index (κ2) is 17.4. The van der Waals surface area contributed by atoms with Crippen LogP contribution in [0.1, 0.15) is 78.3 Å². The van der Waals surface area contributed by atoms with Gasteiger partial charge in [-0.05, 0) is 61.1 Å². The van der Waals surface area contributed by atoms with Crippen molar-refractivity contribution in [3.8, 4) is 11.5 Å². The molecule has 0 bridgehead atoms. The van der Waals surface area contributed by atoms with Gasteiger partial charge in [0.1, 0.15) is 80.3 Å². The maximum absolute atomic E-state index is 14.6. The second-order valence-corrected chi connectivity index (χ2v) is 12.6. The number of alkyl halides is 10. The van der Waals surface area contributed by atoms with Gasteiger partial charge in [0, 0.05) is 24.3 Å². The first-order valence-corrected chi connectivity index (χ1v) is 16.5. The number of hydrogen-bond acceptors (Lipinski definition) is 2. The molecule has 2 nitrogen and oxygen atoms in total. The Morgan fingerprint density at radius 2 is 0.544 bits per heavy atom. The van der Waals surface area contributed by atoms with Crippen LogP contribution in [-0.4, -0.2) is 0 Å². The molecule has 0 saturated carbocycles. The van der Waals surface area contributed by atoms with Gasteiger partial charge in [-0.3, -0.25) is 0 Å². The topological polar surface area (TPSA) is 18.5 Å². The van der Waals surface area contributed by atoms with Crippen molar-refractivity contribution in [1.82, 2.24) is 0 Å². The smallest absolute Gasteiger partial charge is 0.429 e. The summed E-state index contributed by atoms with van der Waals surface area (Å²) in [6.07, 6.45) is -17.4. The molecular weight excluding hydrogens is 818 g/mol. The molecular formula is C37H26F18O2. The highest BCUT2D eigenvalue weighted by atomic mass is 19.4. The Kier molecular flexibility index (Phi) is 13.7. The van der Waals surface area contributed by atoms with Gasteiger partial charge in [-0.25, -0.2) is 35.1 Å². The Balaban J connectivity index is 1.22. The van der Waals surface area contributed by atoms with Gasteiger partial charge in [0.15, 0.2) is 0 Å². The zero-order valence-electron chi connectivity index (χ0n) is 28.6. The summed E-state index contributed by atoms with van der Waals surface area (Å²) in [4.78, 5) is 0. The van der Waals surface area contributed by atoms with E-state index < -0.39 is 105 Å². The fourth-order valence-corrected chi connectivity index (χ4v) is 5.80. The van der Waals surface area contributed by atoms with Crippen LogP contribution in [0, 0.1) is 46.5 Å².